The van der Waals surface area contributed by atoms with Gasteiger partial charge in [0.1, 0.15) is 17.3 Å². The van der Waals surface area contributed by atoms with Crippen molar-refractivity contribution >= 4 is 17.8 Å². The highest BCUT2D eigenvalue weighted by Gasteiger charge is 2.19. The highest BCUT2D eigenvalue weighted by molar-refractivity contribution is 6.14. The summed E-state index contributed by atoms with van der Waals surface area (Å²) < 4.78 is 5.63. The van der Waals surface area contributed by atoms with Gasteiger partial charge >= 0.3 is 0 Å². The Morgan fingerprint density at radius 3 is 2.58 bits per heavy atom. The molecule has 1 amide bonds. The molecule has 0 bridgehead atoms. The Bertz CT molecular complexity index is 849. The van der Waals surface area contributed by atoms with Crippen LogP contribution in [-0.4, -0.2) is 17.8 Å². The van der Waals surface area contributed by atoms with Gasteiger partial charge in [0.15, 0.2) is 0 Å². The first-order valence-corrected chi connectivity index (χ1v) is 8.92. The van der Waals surface area contributed by atoms with Crippen molar-refractivity contribution in [3.05, 3.63) is 70.9 Å². The summed E-state index contributed by atoms with van der Waals surface area (Å²) in [6.45, 7) is 6.06. The molecule has 0 fully saturated rings. The standard InChI is InChI=1S/C22H24N2O2/c1-15(2)26-19-10-7-18(8-11-19)14-20-22(25)24-21(23-20)12-9-17-6-4-5-16(3)13-17/h4-8,10-11,13-15H,9,12H2,1-3H3,(H,23,24,25)/b20-14+. The lowest BCUT2D eigenvalue weighted by molar-refractivity contribution is -0.115. The van der Waals surface area contributed by atoms with Crippen molar-refractivity contribution in [1.82, 2.24) is 5.32 Å². The normalized spacial score (nSPS) is 15.3. The van der Waals surface area contributed by atoms with Crippen LogP contribution in [0.2, 0.25) is 0 Å². The minimum absolute atomic E-state index is 0.139. The number of hydrogen-bond donors (Lipinski definition) is 1. The molecular formula is C22H24N2O2. The molecule has 26 heavy (non-hydrogen) atoms. The number of carbonyl (C=O) groups excluding carboxylic acids is 1. The number of amides is 1. The van der Waals surface area contributed by atoms with E-state index in [2.05, 4.69) is 41.5 Å². The molecule has 4 nitrogen and oxygen atoms in total. The molecular weight excluding hydrogens is 324 g/mol. The zero-order valence-corrected chi connectivity index (χ0v) is 15.5. The minimum atomic E-state index is -0.147. The van der Waals surface area contributed by atoms with Gasteiger partial charge in [0.2, 0.25) is 0 Å². The third-order valence-corrected chi connectivity index (χ3v) is 4.03. The highest BCUT2D eigenvalue weighted by Crippen LogP contribution is 2.18. The first kappa shape index (κ1) is 17.9. The van der Waals surface area contributed by atoms with E-state index < -0.39 is 0 Å². The number of nitrogens with zero attached hydrogens (tertiary/aromatic N) is 1. The Morgan fingerprint density at radius 1 is 1.12 bits per heavy atom. The lowest BCUT2D eigenvalue weighted by Gasteiger charge is -2.09. The van der Waals surface area contributed by atoms with Gasteiger partial charge in [-0.1, -0.05) is 42.0 Å². The molecule has 1 heterocycles. The van der Waals surface area contributed by atoms with Crippen LogP contribution in [0.15, 0.2) is 59.2 Å². The van der Waals surface area contributed by atoms with Crippen LogP contribution >= 0.6 is 0 Å². The summed E-state index contributed by atoms with van der Waals surface area (Å²) in [6, 6.07) is 16.1. The zero-order valence-electron chi connectivity index (χ0n) is 15.5. The van der Waals surface area contributed by atoms with Gasteiger partial charge in [-0.25, -0.2) is 4.99 Å². The quantitative estimate of drug-likeness (QED) is 0.792. The molecule has 0 aromatic heterocycles. The first-order valence-electron chi connectivity index (χ1n) is 8.92. The predicted octanol–water partition coefficient (Wildman–Crippen LogP) is 4.28. The predicted molar refractivity (Wildman–Crippen MR) is 105 cm³/mol. The van der Waals surface area contributed by atoms with E-state index in [1.165, 1.54) is 11.1 Å². The largest absolute Gasteiger partial charge is 0.491 e. The van der Waals surface area contributed by atoms with Crippen molar-refractivity contribution in [3.8, 4) is 5.75 Å². The highest BCUT2D eigenvalue weighted by atomic mass is 16.5. The summed E-state index contributed by atoms with van der Waals surface area (Å²) in [6.07, 6.45) is 3.51. The second kappa shape index (κ2) is 8.00. The third kappa shape index (κ3) is 4.82. The molecule has 1 N–H and O–H groups in total. The van der Waals surface area contributed by atoms with Crippen LogP contribution in [0.25, 0.3) is 6.08 Å². The van der Waals surface area contributed by atoms with Crippen LogP contribution in [0.1, 0.15) is 37.0 Å². The first-order chi connectivity index (χ1) is 12.5. The number of rotatable bonds is 6. The summed E-state index contributed by atoms with van der Waals surface area (Å²) in [7, 11) is 0. The average Bonchev–Trinajstić information content (AvgIpc) is 2.94. The molecule has 2 aromatic carbocycles. The van der Waals surface area contributed by atoms with Gasteiger partial charge in [-0.3, -0.25) is 4.79 Å². The lowest BCUT2D eigenvalue weighted by atomic mass is 10.1. The monoisotopic (exact) mass is 348 g/mol. The van der Waals surface area contributed by atoms with Crippen LogP contribution in [0.5, 0.6) is 5.75 Å². The van der Waals surface area contributed by atoms with Crippen molar-refractivity contribution in [2.24, 2.45) is 4.99 Å². The summed E-state index contributed by atoms with van der Waals surface area (Å²) >= 11 is 0. The van der Waals surface area contributed by atoms with E-state index in [4.69, 9.17) is 4.74 Å². The summed E-state index contributed by atoms with van der Waals surface area (Å²) in [5, 5.41) is 2.86. The number of benzene rings is 2. The number of carbonyl (C=O) groups is 1. The number of aliphatic imine (C=N–C) groups is 1. The van der Waals surface area contributed by atoms with Gasteiger partial charge in [0, 0.05) is 6.42 Å². The smallest absolute Gasteiger partial charge is 0.275 e. The Hall–Kier alpha value is -2.88. The molecule has 134 valence electrons. The SMILES string of the molecule is Cc1cccc(CCC2=N/C(=C/c3ccc(OC(C)C)cc3)C(=O)N2)c1. The van der Waals surface area contributed by atoms with Crippen LogP contribution in [0.3, 0.4) is 0 Å². The van der Waals surface area contributed by atoms with Crippen LogP contribution in [0.4, 0.5) is 0 Å². The van der Waals surface area contributed by atoms with Crippen LogP contribution in [0, 0.1) is 6.92 Å². The van der Waals surface area contributed by atoms with Gasteiger partial charge in [-0.2, -0.15) is 0 Å². The molecule has 1 aliphatic heterocycles. The second-order valence-electron chi connectivity index (χ2n) is 6.77. The second-order valence-corrected chi connectivity index (χ2v) is 6.77. The van der Waals surface area contributed by atoms with Crippen molar-refractivity contribution in [1.29, 1.82) is 0 Å². The fourth-order valence-corrected chi connectivity index (χ4v) is 2.84. The molecule has 0 spiro atoms. The topological polar surface area (TPSA) is 50.7 Å². The Balaban J connectivity index is 1.66. The molecule has 3 rings (SSSR count). The van der Waals surface area contributed by atoms with Gasteiger partial charge < -0.3 is 10.1 Å². The molecule has 4 heteroatoms. The minimum Gasteiger partial charge on any atom is -0.491 e. The maximum atomic E-state index is 12.1. The Labute approximate surface area is 154 Å². The Kier molecular flexibility index (Phi) is 5.52. The van der Waals surface area contributed by atoms with E-state index in [0.29, 0.717) is 12.1 Å². The van der Waals surface area contributed by atoms with E-state index in [-0.39, 0.29) is 12.0 Å². The summed E-state index contributed by atoms with van der Waals surface area (Å²) in [4.78, 5) is 16.6. The van der Waals surface area contributed by atoms with E-state index in [9.17, 15) is 4.79 Å². The zero-order chi connectivity index (χ0) is 18.5. The Morgan fingerprint density at radius 2 is 1.88 bits per heavy atom. The number of aryl methyl sites for hydroxylation is 2. The van der Waals surface area contributed by atoms with Crippen LogP contribution < -0.4 is 10.1 Å². The molecule has 0 aliphatic carbocycles. The molecule has 0 unspecified atom stereocenters. The summed E-state index contributed by atoms with van der Waals surface area (Å²) in [5.41, 5.74) is 3.86. The van der Waals surface area contributed by atoms with E-state index in [1.807, 2.05) is 38.1 Å². The average molecular weight is 348 g/mol. The maximum Gasteiger partial charge on any atom is 0.275 e. The third-order valence-electron chi connectivity index (χ3n) is 4.03. The maximum absolute atomic E-state index is 12.1. The van der Waals surface area contributed by atoms with E-state index >= 15 is 0 Å². The van der Waals surface area contributed by atoms with Crippen molar-refractivity contribution < 1.29 is 9.53 Å². The number of ether oxygens (including phenoxy) is 1. The van der Waals surface area contributed by atoms with Gasteiger partial charge in [0.05, 0.1) is 6.10 Å². The molecule has 0 atom stereocenters. The van der Waals surface area contributed by atoms with Gasteiger partial charge in [-0.05, 0) is 56.5 Å². The van der Waals surface area contributed by atoms with E-state index in [1.54, 1.807) is 6.08 Å². The summed E-state index contributed by atoms with van der Waals surface area (Å²) in [5.74, 6) is 1.40. The lowest BCUT2D eigenvalue weighted by Crippen LogP contribution is -2.24. The number of nitrogens with one attached hydrogen (secondary N) is 1. The molecule has 2 aromatic rings. The molecule has 0 radical (unpaired) electrons. The van der Waals surface area contributed by atoms with Gasteiger partial charge in [-0.15, -0.1) is 0 Å². The molecule has 0 saturated carbocycles. The number of amidine groups is 1. The fourth-order valence-electron chi connectivity index (χ4n) is 2.84. The van der Waals surface area contributed by atoms with Crippen molar-refractivity contribution in [2.45, 2.75) is 39.7 Å². The fraction of sp³-hybridized carbons (Fsp3) is 0.273. The van der Waals surface area contributed by atoms with Crippen LogP contribution in [-0.2, 0) is 11.2 Å². The number of hydrogen-bond acceptors (Lipinski definition) is 3. The molecule has 1 aliphatic rings. The van der Waals surface area contributed by atoms with E-state index in [0.717, 1.165) is 23.6 Å². The van der Waals surface area contributed by atoms with Gasteiger partial charge in [0.25, 0.3) is 5.91 Å². The van der Waals surface area contributed by atoms with Crippen molar-refractivity contribution in [2.75, 3.05) is 0 Å². The molecule has 0 saturated heterocycles. The van der Waals surface area contributed by atoms with Crippen molar-refractivity contribution in [3.63, 3.8) is 0 Å².